The van der Waals surface area contributed by atoms with Crippen molar-refractivity contribution in [2.75, 3.05) is 13.2 Å². The fourth-order valence-corrected chi connectivity index (χ4v) is 7.21. The summed E-state index contributed by atoms with van der Waals surface area (Å²) in [6.07, 6.45) is 51.5. The summed E-state index contributed by atoms with van der Waals surface area (Å²) in [5.41, 5.74) is 0. The van der Waals surface area contributed by atoms with Crippen molar-refractivity contribution in [1.82, 2.24) is 0 Å². The summed E-state index contributed by atoms with van der Waals surface area (Å²) in [4.78, 5) is 25.8. The van der Waals surface area contributed by atoms with E-state index in [0.29, 0.717) is 13.2 Å². The Balaban J connectivity index is 4.19. The van der Waals surface area contributed by atoms with Gasteiger partial charge in [-0.05, 0) is 44.9 Å². The number of allylic oxidation sites excluding steroid dienone is 2. The van der Waals surface area contributed by atoms with E-state index in [-0.39, 0.29) is 24.3 Å². The molecule has 0 rings (SSSR count). The van der Waals surface area contributed by atoms with Crippen molar-refractivity contribution in [2.24, 2.45) is 5.92 Å². The Hall–Kier alpha value is -1.32. The van der Waals surface area contributed by atoms with E-state index in [1.165, 1.54) is 193 Å². The highest BCUT2D eigenvalue weighted by molar-refractivity contribution is 5.79. The summed E-state index contributed by atoms with van der Waals surface area (Å²) in [6, 6.07) is 0. The van der Waals surface area contributed by atoms with Gasteiger partial charge in [-0.15, -0.1) is 0 Å². The van der Waals surface area contributed by atoms with Crippen LogP contribution in [0, 0.1) is 5.92 Å². The molecule has 0 aliphatic carbocycles. The third-order valence-electron chi connectivity index (χ3n) is 10.8. The van der Waals surface area contributed by atoms with Gasteiger partial charge in [0.2, 0.25) is 0 Å². The van der Waals surface area contributed by atoms with Crippen LogP contribution in [0.5, 0.6) is 0 Å². The molecule has 0 aliphatic rings. The van der Waals surface area contributed by atoms with Crippen molar-refractivity contribution >= 4 is 11.9 Å². The van der Waals surface area contributed by atoms with Crippen LogP contribution >= 0.6 is 0 Å². The predicted molar refractivity (Wildman–Crippen MR) is 227 cm³/mol. The second-order valence-corrected chi connectivity index (χ2v) is 16.1. The van der Waals surface area contributed by atoms with Crippen LogP contribution in [0.4, 0.5) is 0 Å². The fraction of sp³-hybridized carbons (Fsp3) is 0.917. The highest BCUT2D eigenvalue weighted by Crippen LogP contribution is 2.20. The van der Waals surface area contributed by atoms with Gasteiger partial charge in [-0.3, -0.25) is 9.59 Å². The molecule has 0 fully saturated rings. The van der Waals surface area contributed by atoms with Crippen LogP contribution in [0.3, 0.4) is 0 Å². The van der Waals surface area contributed by atoms with Crippen LogP contribution in [0.1, 0.15) is 265 Å². The molecule has 4 nitrogen and oxygen atoms in total. The molecule has 0 spiro atoms. The van der Waals surface area contributed by atoms with Gasteiger partial charge in [-0.2, -0.15) is 0 Å². The number of ether oxygens (including phenoxy) is 2. The van der Waals surface area contributed by atoms with Crippen LogP contribution in [0.15, 0.2) is 12.2 Å². The quantitative estimate of drug-likeness (QED) is 0.0356. The maximum atomic E-state index is 13.1. The van der Waals surface area contributed by atoms with Gasteiger partial charge in [0.15, 0.2) is 0 Å². The minimum absolute atomic E-state index is 0.170. The molecular weight excluding hydrogens is 641 g/mol. The highest BCUT2D eigenvalue weighted by Gasteiger charge is 2.24. The number of hydrogen-bond donors (Lipinski definition) is 0. The first kappa shape index (κ1) is 50.7. The number of rotatable bonds is 43. The number of carbonyl (C=O) groups is 2. The Kier molecular flexibility index (Phi) is 43.0. The highest BCUT2D eigenvalue weighted by atomic mass is 16.5. The van der Waals surface area contributed by atoms with Gasteiger partial charge in [0.1, 0.15) is 0 Å². The van der Waals surface area contributed by atoms with Crippen LogP contribution < -0.4 is 0 Å². The van der Waals surface area contributed by atoms with E-state index in [0.717, 1.165) is 44.9 Å². The Labute approximate surface area is 326 Å². The average molecular weight is 733 g/mol. The lowest BCUT2D eigenvalue weighted by molar-refractivity contribution is -0.155. The first-order valence-electron chi connectivity index (χ1n) is 23.6. The summed E-state index contributed by atoms with van der Waals surface area (Å²) in [5, 5.41) is 0. The van der Waals surface area contributed by atoms with Gasteiger partial charge >= 0.3 is 11.9 Å². The summed E-state index contributed by atoms with van der Waals surface area (Å²) in [6.45, 7) is 7.76. The van der Waals surface area contributed by atoms with Gasteiger partial charge in [-0.1, -0.05) is 226 Å². The van der Waals surface area contributed by atoms with Gasteiger partial charge < -0.3 is 9.47 Å². The number of carbonyl (C=O) groups excluding carboxylic acids is 2. The third-order valence-corrected chi connectivity index (χ3v) is 10.8. The minimum atomic E-state index is -0.362. The van der Waals surface area contributed by atoms with E-state index in [9.17, 15) is 9.59 Å². The first-order valence-corrected chi connectivity index (χ1v) is 23.6. The molecule has 308 valence electrons. The minimum Gasteiger partial charge on any atom is -0.466 e. The summed E-state index contributed by atoms with van der Waals surface area (Å²) < 4.78 is 11.3. The van der Waals surface area contributed by atoms with E-state index in [1.807, 2.05) is 0 Å². The molecule has 0 aromatic heterocycles. The number of unbranched alkanes of at least 4 members (excludes halogenated alkanes) is 32. The smallest absolute Gasteiger partial charge is 0.309 e. The van der Waals surface area contributed by atoms with Gasteiger partial charge in [-0.25, -0.2) is 0 Å². The predicted octanol–water partition coefficient (Wildman–Crippen LogP) is 16.1. The molecular formula is C48H92O4. The Bertz CT molecular complexity index is 747. The lowest BCUT2D eigenvalue weighted by Crippen LogP contribution is -2.23. The van der Waals surface area contributed by atoms with Gasteiger partial charge in [0, 0.05) is 0 Å². The molecule has 0 saturated carbocycles. The normalized spacial score (nSPS) is 12.1. The molecule has 0 amide bonds. The Morgan fingerprint density at radius 1 is 0.385 bits per heavy atom. The van der Waals surface area contributed by atoms with Crippen molar-refractivity contribution < 1.29 is 19.1 Å². The van der Waals surface area contributed by atoms with Crippen molar-refractivity contribution in [1.29, 1.82) is 0 Å². The lowest BCUT2D eigenvalue weighted by atomic mass is 9.97. The van der Waals surface area contributed by atoms with Crippen LogP contribution in [0.2, 0.25) is 0 Å². The summed E-state index contributed by atoms with van der Waals surface area (Å²) in [7, 11) is 0. The molecule has 1 unspecified atom stereocenters. The molecule has 52 heavy (non-hydrogen) atoms. The molecule has 0 aliphatic heterocycles. The fourth-order valence-electron chi connectivity index (χ4n) is 7.21. The molecule has 0 bridgehead atoms. The molecule has 0 heterocycles. The van der Waals surface area contributed by atoms with E-state index >= 15 is 0 Å². The lowest BCUT2D eigenvalue weighted by Gasteiger charge is -2.16. The zero-order valence-corrected chi connectivity index (χ0v) is 35.6. The van der Waals surface area contributed by atoms with E-state index in [1.54, 1.807) is 0 Å². The maximum absolute atomic E-state index is 13.1. The topological polar surface area (TPSA) is 52.6 Å². The van der Waals surface area contributed by atoms with Crippen LogP contribution in [0.25, 0.3) is 0 Å². The molecule has 0 aromatic rings. The van der Waals surface area contributed by atoms with E-state index in [2.05, 4.69) is 32.9 Å². The third kappa shape index (κ3) is 39.9. The van der Waals surface area contributed by atoms with E-state index in [4.69, 9.17) is 9.47 Å². The zero-order chi connectivity index (χ0) is 37.8. The zero-order valence-electron chi connectivity index (χ0n) is 35.6. The summed E-state index contributed by atoms with van der Waals surface area (Å²) >= 11 is 0. The second kappa shape index (κ2) is 44.1. The van der Waals surface area contributed by atoms with Crippen molar-refractivity contribution in [3.05, 3.63) is 12.2 Å². The molecule has 4 heteroatoms. The Morgan fingerprint density at radius 2 is 0.692 bits per heavy atom. The second-order valence-electron chi connectivity index (χ2n) is 16.1. The van der Waals surface area contributed by atoms with Gasteiger partial charge in [0.25, 0.3) is 0 Å². The SMILES string of the molecule is CCCCCC/C=C/CCCCCCCCCCCCC(CC(=O)OCCCCCCCCCCCC)C(=O)OCCCCCCCCCCCC. The van der Waals surface area contributed by atoms with Crippen LogP contribution in [-0.4, -0.2) is 25.2 Å². The van der Waals surface area contributed by atoms with Gasteiger partial charge in [0.05, 0.1) is 25.6 Å². The van der Waals surface area contributed by atoms with Crippen molar-refractivity contribution in [3.8, 4) is 0 Å². The molecule has 0 radical (unpaired) electrons. The van der Waals surface area contributed by atoms with Crippen LogP contribution in [-0.2, 0) is 19.1 Å². The molecule has 0 aromatic carbocycles. The monoisotopic (exact) mass is 733 g/mol. The standard InChI is InChI=1S/C48H92O4/c1-4-7-10-13-16-19-22-23-24-25-26-27-28-29-30-33-36-39-42-46(48(50)52-44-41-38-35-32-21-18-15-12-9-6-3)45-47(49)51-43-40-37-34-31-20-17-14-11-8-5-2/h19,22,46H,4-18,20-21,23-45H2,1-3H3/b22-19+. The van der Waals surface area contributed by atoms with E-state index < -0.39 is 0 Å². The molecule has 0 saturated heterocycles. The van der Waals surface area contributed by atoms with Crippen molar-refractivity contribution in [3.63, 3.8) is 0 Å². The average Bonchev–Trinajstić information content (AvgIpc) is 3.14. The maximum Gasteiger partial charge on any atom is 0.309 e. The largest absolute Gasteiger partial charge is 0.466 e. The summed E-state index contributed by atoms with van der Waals surface area (Å²) in [5.74, 6) is -0.774. The van der Waals surface area contributed by atoms with Crippen molar-refractivity contribution in [2.45, 2.75) is 265 Å². The number of esters is 2. The molecule has 0 N–H and O–H groups in total. The number of hydrogen-bond acceptors (Lipinski definition) is 4. The Morgan fingerprint density at radius 3 is 1.10 bits per heavy atom. The molecule has 1 atom stereocenters. The first-order chi connectivity index (χ1) is 25.7.